The van der Waals surface area contributed by atoms with Crippen molar-refractivity contribution in [3.63, 3.8) is 0 Å². The van der Waals surface area contributed by atoms with E-state index in [-0.39, 0.29) is 0 Å². The quantitative estimate of drug-likeness (QED) is 0.670. The van der Waals surface area contributed by atoms with Crippen molar-refractivity contribution in [3.05, 3.63) is 66.2 Å². The molecule has 1 fully saturated rings. The average Bonchev–Trinajstić information content (AvgIpc) is 2.80. The SMILES string of the molecule is CCc1ccc(Nc2cc(-c3ccccc3)nc(N3CCN(CC)CC3)n2)cc1. The third-order valence-electron chi connectivity index (χ3n) is 5.52. The normalized spacial score (nSPS) is 14.8. The van der Waals surface area contributed by atoms with Gasteiger partial charge >= 0.3 is 0 Å². The van der Waals surface area contributed by atoms with Gasteiger partial charge in [-0.3, -0.25) is 0 Å². The van der Waals surface area contributed by atoms with Gasteiger partial charge in [0.15, 0.2) is 0 Å². The number of hydrogen-bond acceptors (Lipinski definition) is 5. The Bertz CT molecular complexity index is 916. The number of anilines is 3. The first-order valence-electron chi connectivity index (χ1n) is 10.5. The van der Waals surface area contributed by atoms with Crippen molar-refractivity contribution in [3.8, 4) is 11.3 Å². The maximum Gasteiger partial charge on any atom is 0.227 e. The fourth-order valence-corrected chi connectivity index (χ4v) is 3.63. The van der Waals surface area contributed by atoms with Gasteiger partial charge in [0.1, 0.15) is 5.82 Å². The number of piperazine rings is 1. The fourth-order valence-electron chi connectivity index (χ4n) is 3.63. The average molecular weight is 388 g/mol. The van der Waals surface area contributed by atoms with Crippen LogP contribution in [0.4, 0.5) is 17.5 Å². The smallest absolute Gasteiger partial charge is 0.227 e. The molecule has 0 unspecified atom stereocenters. The van der Waals surface area contributed by atoms with Crippen LogP contribution in [0.5, 0.6) is 0 Å². The molecule has 3 aromatic rings. The van der Waals surface area contributed by atoms with E-state index >= 15 is 0 Å². The second kappa shape index (κ2) is 9.05. The summed E-state index contributed by atoms with van der Waals surface area (Å²) in [5.74, 6) is 1.63. The van der Waals surface area contributed by atoms with Crippen molar-refractivity contribution in [1.82, 2.24) is 14.9 Å². The third-order valence-corrected chi connectivity index (χ3v) is 5.52. The van der Waals surface area contributed by atoms with Gasteiger partial charge in [-0.2, -0.15) is 4.98 Å². The second-order valence-electron chi connectivity index (χ2n) is 7.40. The summed E-state index contributed by atoms with van der Waals surface area (Å²) in [4.78, 5) is 14.5. The topological polar surface area (TPSA) is 44.3 Å². The van der Waals surface area contributed by atoms with Gasteiger partial charge in [-0.15, -0.1) is 0 Å². The van der Waals surface area contributed by atoms with Gasteiger partial charge in [0.25, 0.3) is 0 Å². The molecule has 0 bridgehead atoms. The van der Waals surface area contributed by atoms with Gasteiger partial charge < -0.3 is 15.1 Å². The molecule has 150 valence electrons. The van der Waals surface area contributed by atoms with Crippen molar-refractivity contribution < 1.29 is 0 Å². The Labute approximate surface area is 173 Å². The monoisotopic (exact) mass is 387 g/mol. The molecule has 0 saturated carbocycles. The number of rotatable bonds is 6. The van der Waals surface area contributed by atoms with Gasteiger partial charge in [-0.1, -0.05) is 56.3 Å². The van der Waals surface area contributed by atoms with Crippen LogP contribution < -0.4 is 10.2 Å². The number of nitrogens with one attached hydrogen (secondary N) is 1. The van der Waals surface area contributed by atoms with Crippen molar-refractivity contribution in [1.29, 1.82) is 0 Å². The van der Waals surface area contributed by atoms with Crippen LogP contribution in [-0.4, -0.2) is 47.6 Å². The van der Waals surface area contributed by atoms with Crippen LogP contribution in [0.25, 0.3) is 11.3 Å². The van der Waals surface area contributed by atoms with Crippen LogP contribution in [0.2, 0.25) is 0 Å². The highest BCUT2D eigenvalue weighted by Gasteiger charge is 2.19. The fraction of sp³-hybridized carbons (Fsp3) is 0.333. The lowest BCUT2D eigenvalue weighted by Crippen LogP contribution is -2.46. The Balaban J connectivity index is 1.64. The maximum atomic E-state index is 4.90. The van der Waals surface area contributed by atoms with Gasteiger partial charge in [-0.05, 0) is 30.7 Å². The van der Waals surface area contributed by atoms with E-state index in [1.807, 2.05) is 24.3 Å². The Morgan fingerprint density at radius 1 is 0.862 bits per heavy atom. The first kappa shape index (κ1) is 19.4. The van der Waals surface area contributed by atoms with Crippen LogP contribution in [-0.2, 0) is 6.42 Å². The number of benzene rings is 2. The molecule has 0 atom stereocenters. The molecular formula is C24H29N5. The van der Waals surface area contributed by atoms with Crippen LogP contribution in [0, 0.1) is 0 Å². The summed E-state index contributed by atoms with van der Waals surface area (Å²) >= 11 is 0. The lowest BCUT2D eigenvalue weighted by Gasteiger charge is -2.34. The molecule has 2 heterocycles. The standard InChI is InChI=1S/C24H29N5/c1-3-19-10-12-21(13-11-19)25-23-18-22(20-8-6-5-7-9-20)26-24(27-23)29-16-14-28(4-2)15-17-29/h5-13,18H,3-4,14-17H2,1-2H3,(H,25,26,27). The predicted molar refractivity (Wildman–Crippen MR) is 121 cm³/mol. The van der Waals surface area contributed by atoms with E-state index in [1.54, 1.807) is 0 Å². The molecule has 5 heteroatoms. The summed E-state index contributed by atoms with van der Waals surface area (Å²) in [6.07, 6.45) is 1.04. The summed E-state index contributed by atoms with van der Waals surface area (Å²) in [6.45, 7) is 9.50. The zero-order valence-corrected chi connectivity index (χ0v) is 17.3. The van der Waals surface area contributed by atoms with E-state index < -0.39 is 0 Å². The van der Waals surface area contributed by atoms with E-state index in [2.05, 4.69) is 65.4 Å². The number of nitrogens with zero attached hydrogens (tertiary/aromatic N) is 4. The van der Waals surface area contributed by atoms with Crippen LogP contribution in [0.15, 0.2) is 60.7 Å². The first-order valence-corrected chi connectivity index (χ1v) is 10.5. The molecule has 4 rings (SSSR count). The lowest BCUT2D eigenvalue weighted by atomic mass is 10.1. The minimum Gasteiger partial charge on any atom is -0.340 e. The summed E-state index contributed by atoms with van der Waals surface area (Å²) in [6, 6.07) is 20.9. The number of aryl methyl sites for hydroxylation is 1. The van der Waals surface area contributed by atoms with E-state index in [1.165, 1.54) is 5.56 Å². The lowest BCUT2D eigenvalue weighted by molar-refractivity contribution is 0.270. The van der Waals surface area contributed by atoms with Crippen molar-refractivity contribution in [2.75, 3.05) is 42.9 Å². The Morgan fingerprint density at radius 3 is 2.24 bits per heavy atom. The highest BCUT2D eigenvalue weighted by molar-refractivity contribution is 5.67. The molecular weight excluding hydrogens is 358 g/mol. The minimum absolute atomic E-state index is 0.801. The molecule has 29 heavy (non-hydrogen) atoms. The van der Waals surface area contributed by atoms with Gasteiger partial charge in [0, 0.05) is 43.5 Å². The zero-order chi connectivity index (χ0) is 20.1. The molecule has 5 nitrogen and oxygen atoms in total. The summed E-state index contributed by atoms with van der Waals surface area (Å²) in [7, 11) is 0. The summed E-state index contributed by atoms with van der Waals surface area (Å²) in [5, 5.41) is 3.48. The van der Waals surface area contributed by atoms with Crippen LogP contribution >= 0.6 is 0 Å². The number of hydrogen-bond donors (Lipinski definition) is 1. The highest BCUT2D eigenvalue weighted by atomic mass is 15.3. The molecule has 1 N–H and O–H groups in total. The van der Waals surface area contributed by atoms with Gasteiger partial charge in [0.2, 0.25) is 5.95 Å². The first-order chi connectivity index (χ1) is 14.2. The van der Waals surface area contributed by atoms with Gasteiger partial charge in [0.05, 0.1) is 5.69 Å². The highest BCUT2D eigenvalue weighted by Crippen LogP contribution is 2.25. The Kier molecular flexibility index (Phi) is 6.06. The van der Waals surface area contributed by atoms with E-state index in [4.69, 9.17) is 9.97 Å². The molecule has 2 aromatic carbocycles. The largest absolute Gasteiger partial charge is 0.340 e. The molecule has 1 saturated heterocycles. The molecule has 0 radical (unpaired) electrons. The molecule has 0 spiro atoms. The summed E-state index contributed by atoms with van der Waals surface area (Å²) < 4.78 is 0. The van der Waals surface area contributed by atoms with Crippen LogP contribution in [0.3, 0.4) is 0 Å². The van der Waals surface area contributed by atoms with Gasteiger partial charge in [-0.25, -0.2) is 4.98 Å². The Morgan fingerprint density at radius 2 is 1.59 bits per heavy atom. The minimum atomic E-state index is 0.801. The molecule has 0 amide bonds. The van der Waals surface area contributed by atoms with E-state index in [9.17, 15) is 0 Å². The summed E-state index contributed by atoms with van der Waals surface area (Å²) in [5.41, 5.74) is 4.42. The molecule has 1 aliphatic heterocycles. The number of likely N-dealkylation sites (N-methyl/N-ethyl adjacent to an activating group) is 1. The van der Waals surface area contributed by atoms with Crippen molar-refractivity contribution >= 4 is 17.5 Å². The Hall–Kier alpha value is -2.92. The second-order valence-corrected chi connectivity index (χ2v) is 7.40. The van der Waals surface area contributed by atoms with Crippen molar-refractivity contribution in [2.45, 2.75) is 20.3 Å². The number of aromatic nitrogens is 2. The molecule has 1 aliphatic rings. The van der Waals surface area contributed by atoms with Crippen molar-refractivity contribution in [2.24, 2.45) is 0 Å². The van der Waals surface area contributed by atoms with E-state index in [0.29, 0.717) is 0 Å². The third kappa shape index (κ3) is 4.74. The predicted octanol–water partition coefficient (Wildman–Crippen LogP) is 4.59. The zero-order valence-electron chi connectivity index (χ0n) is 17.3. The van der Waals surface area contributed by atoms with Crippen LogP contribution in [0.1, 0.15) is 19.4 Å². The molecule has 1 aromatic heterocycles. The van der Waals surface area contributed by atoms with E-state index in [0.717, 1.165) is 67.9 Å². The molecule has 0 aliphatic carbocycles. The maximum absolute atomic E-state index is 4.90.